The molecule has 0 saturated heterocycles. The SMILES string of the molecule is CC(C)COc1ccc(C(=O)Nc2ccc(Cl)c(N)c2)cc1. The van der Waals surface area contributed by atoms with E-state index in [2.05, 4.69) is 19.2 Å². The molecule has 2 aromatic carbocycles. The number of amides is 1. The molecule has 0 atom stereocenters. The van der Waals surface area contributed by atoms with Gasteiger partial charge in [-0.3, -0.25) is 4.79 Å². The Bertz CT molecular complexity index is 654. The molecule has 0 fully saturated rings. The molecule has 3 N–H and O–H groups in total. The topological polar surface area (TPSA) is 64.3 Å². The minimum atomic E-state index is -0.211. The number of halogens is 1. The van der Waals surface area contributed by atoms with Crippen molar-refractivity contribution in [2.24, 2.45) is 5.92 Å². The predicted molar refractivity (Wildman–Crippen MR) is 90.6 cm³/mol. The van der Waals surface area contributed by atoms with Crippen molar-refractivity contribution in [3.8, 4) is 5.75 Å². The Morgan fingerprint density at radius 2 is 1.91 bits per heavy atom. The van der Waals surface area contributed by atoms with Crippen LogP contribution in [0, 0.1) is 5.92 Å². The first-order valence-corrected chi connectivity index (χ1v) is 7.42. The van der Waals surface area contributed by atoms with E-state index in [1.807, 2.05) is 0 Å². The summed E-state index contributed by atoms with van der Waals surface area (Å²) in [6.45, 7) is 4.81. The molecule has 0 aliphatic heterocycles. The van der Waals surface area contributed by atoms with Crippen molar-refractivity contribution >= 4 is 28.9 Å². The van der Waals surface area contributed by atoms with Crippen molar-refractivity contribution in [2.45, 2.75) is 13.8 Å². The summed E-state index contributed by atoms with van der Waals surface area (Å²) in [6, 6.07) is 12.0. The molecule has 0 aliphatic rings. The van der Waals surface area contributed by atoms with Crippen LogP contribution in [0.4, 0.5) is 11.4 Å². The normalized spacial score (nSPS) is 10.5. The van der Waals surface area contributed by atoms with Crippen LogP contribution in [-0.4, -0.2) is 12.5 Å². The summed E-state index contributed by atoms with van der Waals surface area (Å²) in [5.41, 5.74) is 7.29. The lowest BCUT2D eigenvalue weighted by molar-refractivity contribution is 0.102. The second-order valence-corrected chi connectivity index (χ2v) is 5.83. The summed E-state index contributed by atoms with van der Waals surface area (Å²) in [6.07, 6.45) is 0. The van der Waals surface area contributed by atoms with E-state index in [4.69, 9.17) is 22.1 Å². The van der Waals surface area contributed by atoms with Crippen molar-refractivity contribution in [1.29, 1.82) is 0 Å². The highest BCUT2D eigenvalue weighted by Crippen LogP contribution is 2.23. The summed E-state index contributed by atoms with van der Waals surface area (Å²) in [4.78, 5) is 12.2. The Hall–Kier alpha value is -2.20. The lowest BCUT2D eigenvalue weighted by Crippen LogP contribution is -2.12. The highest BCUT2D eigenvalue weighted by atomic mass is 35.5. The molecule has 1 amide bonds. The molecule has 2 aromatic rings. The molecule has 2 rings (SSSR count). The molecule has 22 heavy (non-hydrogen) atoms. The third-order valence-electron chi connectivity index (χ3n) is 2.95. The predicted octanol–water partition coefficient (Wildman–Crippen LogP) is 4.21. The molecule has 116 valence electrons. The smallest absolute Gasteiger partial charge is 0.255 e. The molecular weight excluding hydrogens is 300 g/mol. The molecule has 0 aromatic heterocycles. The molecule has 4 nitrogen and oxygen atoms in total. The number of carbonyl (C=O) groups is 1. The highest BCUT2D eigenvalue weighted by Gasteiger charge is 2.07. The molecule has 0 spiro atoms. The minimum Gasteiger partial charge on any atom is -0.493 e. The van der Waals surface area contributed by atoms with Gasteiger partial charge in [0.15, 0.2) is 0 Å². The zero-order chi connectivity index (χ0) is 16.1. The van der Waals surface area contributed by atoms with Gasteiger partial charge in [-0.25, -0.2) is 0 Å². The van der Waals surface area contributed by atoms with Crippen LogP contribution in [0.15, 0.2) is 42.5 Å². The van der Waals surface area contributed by atoms with Crippen LogP contribution in [0.1, 0.15) is 24.2 Å². The number of ether oxygens (including phenoxy) is 1. The van der Waals surface area contributed by atoms with Crippen molar-refractivity contribution in [2.75, 3.05) is 17.7 Å². The second kappa shape index (κ2) is 7.18. The van der Waals surface area contributed by atoms with Crippen molar-refractivity contribution in [1.82, 2.24) is 0 Å². The van der Waals surface area contributed by atoms with Gasteiger partial charge in [0.25, 0.3) is 5.91 Å². The first-order valence-electron chi connectivity index (χ1n) is 7.05. The molecule has 0 heterocycles. The Kier molecular flexibility index (Phi) is 5.28. The first kappa shape index (κ1) is 16.2. The molecule has 0 unspecified atom stereocenters. The largest absolute Gasteiger partial charge is 0.493 e. The lowest BCUT2D eigenvalue weighted by Gasteiger charge is -2.10. The van der Waals surface area contributed by atoms with E-state index in [1.165, 1.54) is 0 Å². The van der Waals surface area contributed by atoms with Gasteiger partial charge in [-0.2, -0.15) is 0 Å². The Balaban J connectivity index is 2.01. The molecular formula is C17H19ClN2O2. The number of hydrogen-bond acceptors (Lipinski definition) is 3. The summed E-state index contributed by atoms with van der Waals surface area (Å²) < 4.78 is 5.59. The lowest BCUT2D eigenvalue weighted by atomic mass is 10.2. The molecule has 5 heteroatoms. The van der Waals surface area contributed by atoms with Crippen LogP contribution < -0.4 is 15.8 Å². The summed E-state index contributed by atoms with van der Waals surface area (Å²) >= 11 is 5.85. The van der Waals surface area contributed by atoms with E-state index < -0.39 is 0 Å². The fraction of sp³-hybridized carbons (Fsp3) is 0.235. The van der Waals surface area contributed by atoms with E-state index in [0.29, 0.717) is 34.5 Å². The van der Waals surface area contributed by atoms with Gasteiger partial charge >= 0.3 is 0 Å². The maximum absolute atomic E-state index is 12.2. The van der Waals surface area contributed by atoms with Crippen molar-refractivity contribution in [3.63, 3.8) is 0 Å². The number of anilines is 2. The van der Waals surface area contributed by atoms with Gasteiger partial charge in [-0.05, 0) is 48.4 Å². The fourth-order valence-corrected chi connectivity index (χ4v) is 1.91. The Morgan fingerprint density at radius 1 is 1.23 bits per heavy atom. The summed E-state index contributed by atoms with van der Waals surface area (Å²) in [5.74, 6) is 0.997. The first-order chi connectivity index (χ1) is 10.5. The molecule has 0 saturated carbocycles. The van der Waals surface area contributed by atoms with E-state index in [9.17, 15) is 4.79 Å². The van der Waals surface area contributed by atoms with Gasteiger partial charge in [0.1, 0.15) is 5.75 Å². The summed E-state index contributed by atoms with van der Waals surface area (Å²) in [5, 5.41) is 3.24. The average Bonchev–Trinajstić information content (AvgIpc) is 2.49. The quantitative estimate of drug-likeness (QED) is 0.812. The van der Waals surface area contributed by atoms with Gasteiger partial charge in [-0.1, -0.05) is 25.4 Å². The van der Waals surface area contributed by atoms with E-state index in [1.54, 1.807) is 42.5 Å². The third kappa shape index (κ3) is 4.40. The summed E-state index contributed by atoms with van der Waals surface area (Å²) in [7, 11) is 0. The van der Waals surface area contributed by atoms with Gasteiger partial charge in [0, 0.05) is 11.3 Å². The van der Waals surface area contributed by atoms with Gasteiger partial charge in [0.05, 0.1) is 17.3 Å². The standard InChI is InChI=1S/C17H19ClN2O2/c1-11(2)10-22-14-6-3-12(4-7-14)17(21)20-13-5-8-15(18)16(19)9-13/h3-9,11H,10,19H2,1-2H3,(H,20,21). The zero-order valence-corrected chi connectivity index (χ0v) is 13.4. The van der Waals surface area contributed by atoms with Crippen molar-refractivity contribution in [3.05, 3.63) is 53.1 Å². The van der Waals surface area contributed by atoms with Crippen molar-refractivity contribution < 1.29 is 9.53 Å². The van der Waals surface area contributed by atoms with Crippen LogP contribution in [0.25, 0.3) is 0 Å². The molecule has 0 aliphatic carbocycles. The molecule has 0 radical (unpaired) electrons. The number of nitrogens with two attached hydrogens (primary N) is 1. The van der Waals surface area contributed by atoms with Gasteiger partial charge in [0.2, 0.25) is 0 Å². The van der Waals surface area contributed by atoms with Crippen LogP contribution in [0.3, 0.4) is 0 Å². The van der Waals surface area contributed by atoms with E-state index in [0.717, 1.165) is 5.75 Å². The Morgan fingerprint density at radius 3 is 2.50 bits per heavy atom. The van der Waals surface area contributed by atoms with E-state index >= 15 is 0 Å². The zero-order valence-electron chi connectivity index (χ0n) is 12.6. The maximum Gasteiger partial charge on any atom is 0.255 e. The fourth-order valence-electron chi connectivity index (χ4n) is 1.79. The van der Waals surface area contributed by atoms with Gasteiger partial charge in [-0.15, -0.1) is 0 Å². The number of carbonyl (C=O) groups excluding carboxylic acids is 1. The Labute approximate surface area is 135 Å². The van der Waals surface area contributed by atoms with Crippen LogP contribution in [-0.2, 0) is 0 Å². The number of benzene rings is 2. The number of rotatable bonds is 5. The number of nitrogen functional groups attached to an aromatic ring is 1. The number of hydrogen-bond donors (Lipinski definition) is 2. The van der Waals surface area contributed by atoms with Crippen LogP contribution in [0.2, 0.25) is 5.02 Å². The average molecular weight is 319 g/mol. The maximum atomic E-state index is 12.2. The monoisotopic (exact) mass is 318 g/mol. The second-order valence-electron chi connectivity index (χ2n) is 5.42. The molecule has 0 bridgehead atoms. The third-order valence-corrected chi connectivity index (χ3v) is 3.30. The number of nitrogens with one attached hydrogen (secondary N) is 1. The van der Waals surface area contributed by atoms with Crippen LogP contribution >= 0.6 is 11.6 Å². The van der Waals surface area contributed by atoms with Gasteiger partial charge < -0.3 is 15.8 Å². The highest BCUT2D eigenvalue weighted by molar-refractivity contribution is 6.33. The van der Waals surface area contributed by atoms with E-state index in [-0.39, 0.29) is 5.91 Å². The van der Waals surface area contributed by atoms with Crippen LogP contribution in [0.5, 0.6) is 5.75 Å². The minimum absolute atomic E-state index is 0.211.